The molecule has 1 N–H and O–H groups in total. The van der Waals surface area contributed by atoms with Gasteiger partial charge in [0.2, 0.25) is 0 Å². The molecule has 0 aromatic heterocycles. The van der Waals surface area contributed by atoms with Crippen molar-refractivity contribution in [3.05, 3.63) is 58.1 Å². The van der Waals surface area contributed by atoms with E-state index in [9.17, 15) is 0 Å². The zero-order valence-electron chi connectivity index (χ0n) is 10.8. The summed E-state index contributed by atoms with van der Waals surface area (Å²) in [5, 5.41) is 4.33. The Balaban J connectivity index is 2.35. The molecule has 1 unspecified atom stereocenters. The first-order chi connectivity index (χ1) is 9.11. The van der Waals surface area contributed by atoms with Crippen LogP contribution in [0, 0.1) is 0 Å². The highest BCUT2D eigenvalue weighted by atomic mass is 35.5. The van der Waals surface area contributed by atoms with E-state index in [1.807, 2.05) is 31.3 Å². The fourth-order valence-corrected chi connectivity index (χ4v) is 2.08. The van der Waals surface area contributed by atoms with E-state index in [1.54, 1.807) is 18.2 Å². The maximum atomic E-state index is 6.11. The normalized spacial score (nSPS) is 12.2. The summed E-state index contributed by atoms with van der Waals surface area (Å²) in [4.78, 5) is 0. The van der Waals surface area contributed by atoms with Gasteiger partial charge in [-0.05, 0) is 32.2 Å². The summed E-state index contributed by atoms with van der Waals surface area (Å²) >= 11 is 12.1. The predicted octanol–water partition coefficient (Wildman–Crippen LogP) is 5.07. The minimum Gasteiger partial charge on any atom is -0.455 e. The number of ether oxygens (including phenoxy) is 1. The molecular formula is C15H15Cl2NO. The molecule has 2 aromatic rings. The first-order valence-corrected chi connectivity index (χ1v) is 6.76. The van der Waals surface area contributed by atoms with Crippen LogP contribution in [0.25, 0.3) is 0 Å². The molecule has 0 fully saturated rings. The van der Waals surface area contributed by atoms with Gasteiger partial charge < -0.3 is 10.1 Å². The number of nitrogens with one attached hydrogen (secondary N) is 1. The van der Waals surface area contributed by atoms with Crippen molar-refractivity contribution < 1.29 is 4.74 Å². The van der Waals surface area contributed by atoms with E-state index in [1.165, 1.54) is 0 Å². The standard InChI is InChI=1S/C15H15Cl2NO/c1-10(18-2)12-5-3-4-6-14(12)19-15-9-11(16)7-8-13(15)17/h3-10,18H,1-2H3. The summed E-state index contributed by atoms with van der Waals surface area (Å²) in [5.74, 6) is 1.33. The van der Waals surface area contributed by atoms with E-state index in [4.69, 9.17) is 27.9 Å². The molecule has 0 aliphatic rings. The number of hydrogen-bond acceptors (Lipinski definition) is 2. The minimum atomic E-state index is 0.189. The third-order valence-corrected chi connectivity index (χ3v) is 3.48. The molecule has 0 aliphatic carbocycles. The second-order valence-electron chi connectivity index (χ2n) is 4.22. The highest BCUT2D eigenvalue weighted by molar-refractivity contribution is 6.34. The molecule has 0 spiro atoms. The van der Waals surface area contributed by atoms with Crippen LogP contribution in [-0.4, -0.2) is 7.05 Å². The number of halogens is 2. The van der Waals surface area contributed by atoms with E-state index in [-0.39, 0.29) is 6.04 Å². The summed E-state index contributed by atoms with van der Waals surface area (Å²) < 4.78 is 5.89. The third kappa shape index (κ3) is 3.41. The maximum absolute atomic E-state index is 6.11. The Bertz CT molecular complexity index is 572. The molecule has 2 rings (SSSR count). The van der Waals surface area contributed by atoms with Gasteiger partial charge in [0.1, 0.15) is 11.5 Å². The summed E-state index contributed by atoms with van der Waals surface area (Å²) in [6.07, 6.45) is 0. The van der Waals surface area contributed by atoms with Crippen LogP contribution in [0.5, 0.6) is 11.5 Å². The van der Waals surface area contributed by atoms with Gasteiger partial charge in [-0.15, -0.1) is 0 Å². The van der Waals surface area contributed by atoms with Crippen LogP contribution < -0.4 is 10.1 Å². The van der Waals surface area contributed by atoms with Crippen LogP contribution in [-0.2, 0) is 0 Å². The maximum Gasteiger partial charge on any atom is 0.147 e. The number of rotatable bonds is 4. The second kappa shape index (κ2) is 6.29. The minimum absolute atomic E-state index is 0.189. The summed E-state index contributed by atoms with van der Waals surface area (Å²) in [6, 6.07) is 13.2. The van der Waals surface area contributed by atoms with Gasteiger partial charge in [0.25, 0.3) is 0 Å². The second-order valence-corrected chi connectivity index (χ2v) is 5.07. The largest absolute Gasteiger partial charge is 0.455 e. The first kappa shape index (κ1) is 14.2. The summed E-state index contributed by atoms with van der Waals surface area (Å²) in [5.41, 5.74) is 1.07. The van der Waals surface area contributed by atoms with Gasteiger partial charge in [-0.2, -0.15) is 0 Å². The van der Waals surface area contributed by atoms with Gasteiger partial charge >= 0.3 is 0 Å². The van der Waals surface area contributed by atoms with E-state index in [2.05, 4.69) is 12.2 Å². The van der Waals surface area contributed by atoms with Gasteiger partial charge in [-0.1, -0.05) is 41.4 Å². The lowest BCUT2D eigenvalue weighted by Gasteiger charge is -2.16. The highest BCUT2D eigenvalue weighted by Crippen LogP contribution is 2.34. The molecule has 1 atom stereocenters. The van der Waals surface area contributed by atoms with Gasteiger partial charge in [0.05, 0.1) is 5.02 Å². The zero-order chi connectivity index (χ0) is 13.8. The molecule has 4 heteroatoms. The van der Waals surface area contributed by atoms with Crippen molar-refractivity contribution in [3.63, 3.8) is 0 Å². The van der Waals surface area contributed by atoms with Crippen molar-refractivity contribution in [2.45, 2.75) is 13.0 Å². The van der Waals surface area contributed by atoms with Crippen LogP contribution >= 0.6 is 23.2 Å². The highest BCUT2D eigenvalue weighted by Gasteiger charge is 2.11. The van der Waals surface area contributed by atoms with Crippen molar-refractivity contribution in [1.82, 2.24) is 5.32 Å². The molecule has 0 saturated heterocycles. The third-order valence-electron chi connectivity index (χ3n) is 2.93. The van der Waals surface area contributed by atoms with E-state index < -0.39 is 0 Å². The Kier molecular flexibility index (Phi) is 4.70. The molecule has 0 bridgehead atoms. The Morgan fingerprint density at radius 1 is 1.05 bits per heavy atom. The molecular weight excluding hydrogens is 281 g/mol. The predicted molar refractivity (Wildman–Crippen MR) is 80.5 cm³/mol. The lowest BCUT2D eigenvalue weighted by molar-refractivity contribution is 0.466. The Labute approximate surface area is 123 Å². The van der Waals surface area contributed by atoms with Crippen LogP contribution in [0.1, 0.15) is 18.5 Å². The van der Waals surface area contributed by atoms with Gasteiger partial charge in [-0.3, -0.25) is 0 Å². The molecule has 2 aromatic carbocycles. The van der Waals surface area contributed by atoms with Crippen molar-refractivity contribution >= 4 is 23.2 Å². The number of benzene rings is 2. The van der Waals surface area contributed by atoms with Gasteiger partial charge in [0, 0.05) is 22.7 Å². The lowest BCUT2D eigenvalue weighted by Crippen LogP contribution is -2.13. The van der Waals surface area contributed by atoms with E-state index in [0.717, 1.165) is 11.3 Å². The molecule has 19 heavy (non-hydrogen) atoms. The van der Waals surface area contributed by atoms with Crippen molar-refractivity contribution in [2.24, 2.45) is 0 Å². The van der Waals surface area contributed by atoms with Gasteiger partial charge in [0.15, 0.2) is 0 Å². The van der Waals surface area contributed by atoms with Crippen LogP contribution in [0.4, 0.5) is 0 Å². The van der Waals surface area contributed by atoms with Gasteiger partial charge in [-0.25, -0.2) is 0 Å². The summed E-state index contributed by atoms with van der Waals surface area (Å²) in [6.45, 7) is 2.07. The monoisotopic (exact) mass is 295 g/mol. The van der Waals surface area contributed by atoms with Crippen LogP contribution in [0.2, 0.25) is 10.0 Å². The molecule has 0 heterocycles. The Morgan fingerprint density at radius 3 is 2.53 bits per heavy atom. The number of para-hydroxylation sites is 1. The van der Waals surface area contributed by atoms with E-state index in [0.29, 0.717) is 15.8 Å². The molecule has 0 saturated carbocycles. The topological polar surface area (TPSA) is 21.3 Å². The molecule has 0 radical (unpaired) electrons. The molecule has 2 nitrogen and oxygen atoms in total. The zero-order valence-corrected chi connectivity index (χ0v) is 12.3. The average molecular weight is 296 g/mol. The Morgan fingerprint density at radius 2 is 1.79 bits per heavy atom. The van der Waals surface area contributed by atoms with Crippen LogP contribution in [0.3, 0.4) is 0 Å². The van der Waals surface area contributed by atoms with Crippen LogP contribution in [0.15, 0.2) is 42.5 Å². The number of hydrogen-bond donors (Lipinski definition) is 1. The SMILES string of the molecule is CNC(C)c1ccccc1Oc1cc(Cl)ccc1Cl. The molecule has 0 aliphatic heterocycles. The molecule has 0 amide bonds. The van der Waals surface area contributed by atoms with Crippen molar-refractivity contribution in [3.8, 4) is 11.5 Å². The quantitative estimate of drug-likeness (QED) is 0.850. The van der Waals surface area contributed by atoms with E-state index >= 15 is 0 Å². The average Bonchev–Trinajstić information content (AvgIpc) is 2.42. The Hall–Kier alpha value is -1.22. The fraction of sp³-hybridized carbons (Fsp3) is 0.200. The van der Waals surface area contributed by atoms with Crippen molar-refractivity contribution in [2.75, 3.05) is 7.05 Å². The summed E-state index contributed by atoms with van der Waals surface area (Å²) in [7, 11) is 1.91. The van der Waals surface area contributed by atoms with Crippen molar-refractivity contribution in [1.29, 1.82) is 0 Å². The lowest BCUT2D eigenvalue weighted by atomic mass is 10.1. The first-order valence-electron chi connectivity index (χ1n) is 6.01. The smallest absolute Gasteiger partial charge is 0.147 e. The fourth-order valence-electron chi connectivity index (χ4n) is 1.76. The molecule has 100 valence electrons.